The van der Waals surface area contributed by atoms with Crippen molar-refractivity contribution in [3.63, 3.8) is 0 Å². The van der Waals surface area contributed by atoms with Gasteiger partial charge in [0.05, 0.1) is 5.56 Å². The number of fused-ring (bicyclic) bond motifs is 7. The molecule has 4 aromatic carbocycles. The van der Waals surface area contributed by atoms with Gasteiger partial charge in [0, 0.05) is 22.4 Å². The van der Waals surface area contributed by atoms with Gasteiger partial charge in [-0.2, -0.15) is 0 Å². The molecule has 1 saturated carbocycles. The maximum Gasteiger partial charge on any atom is 0.339 e. The number of aryl methyl sites for hydroxylation is 1. The lowest BCUT2D eigenvalue weighted by Gasteiger charge is -2.32. The van der Waals surface area contributed by atoms with Crippen LogP contribution < -0.4 is 0 Å². The van der Waals surface area contributed by atoms with Gasteiger partial charge in [0.25, 0.3) is 0 Å². The fraction of sp³-hybridized carbons (Fsp3) is 0.276. The lowest BCUT2D eigenvalue weighted by Crippen LogP contribution is -2.33. The Hall–Kier alpha value is -3.33. The molecular formula is C29H26O3. The normalized spacial score (nSPS) is 23.6. The second-order valence-corrected chi connectivity index (χ2v) is 9.34. The van der Waals surface area contributed by atoms with Crippen LogP contribution in [0.1, 0.15) is 59.7 Å². The first-order valence-corrected chi connectivity index (χ1v) is 11.5. The quantitative estimate of drug-likeness (QED) is 0.368. The Morgan fingerprint density at radius 3 is 2.69 bits per heavy atom. The molecule has 2 aliphatic rings. The number of aromatic hydroxyl groups is 1. The minimum Gasteiger partial charge on any atom is -0.507 e. The smallest absolute Gasteiger partial charge is 0.339 e. The SMILES string of the molecule is CCc1ccc2c(O)c3c(cc2c1)C1(OC(=O)c2cccc4ccccc24)CCC3C1C. The van der Waals surface area contributed by atoms with Gasteiger partial charge in [0.15, 0.2) is 0 Å². The summed E-state index contributed by atoms with van der Waals surface area (Å²) in [6.07, 6.45) is 2.65. The van der Waals surface area contributed by atoms with Crippen molar-refractivity contribution in [1.82, 2.24) is 0 Å². The summed E-state index contributed by atoms with van der Waals surface area (Å²) in [5.41, 5.74) is 3.11. The van der Waals surface area contributed by atoms with Crippen molar-refractivity contribution in [2.45, 2.75) is 44.6 Å². The first kappa shape index (κ1) is 19.4. The van der Waals surface area contributed by atoms with E-state index in [-0.39, 0.29) is 17.8 Å². The van der Waals surface area contributed by atoms with Gasteiger partial charge in [-0.1, -0.05) is 68.4 Å². The van der Waals surface area contributed by atoms with Crippen molar-refractivity contribution in [2.75, 3.05) is 0 Å². The molecule has 3 nitrogen and oxygen atoms in total. The van der Waals surface area contributed by atoms with Crippen LogP contribution in [0.4, 0.5) is 0 Å². The Labute approximate surface area is 187 Å². The number of esters is 1. The number of carbonyl (C=O) groups excluding carboxylic acids is 1. The lowest BCUT2D eigenvalue weighted by atomic mass is 9.85. The molecule has 1 fully saturated rings. The van der Waals surface area contributed by atoms with E-state index in [4.69, 9.17) is 4.74 Å². The summed E-state index contributed by atoms with van der Waals surface area (Å²) in [6, 6.07) is 22.1. The minimum atomic E-state index is -0.693. The van der Waals surface area contributed by atoms with Crippen LogP contribution >= 0.6 is 0 Å². The van der Waals surface area contributed by atoms with Crippen molar-refractivity contribution < 1.29 is 14.6 Å². The average molecular weight is 423 g/mol. The van der Waals surface area contributed by atoms with Crippen molar-refractivity contribution >= 4 is 27.5 Å². The molecule has 2 aliphatic carbocycles. The number of benzene rings is 4. The zero-order valence-electron chi connectivity index (χ0n) is 18.4. The molecule has 0 aromatic heterocycles. The second kappa shape index (κ2) is 6.83. The predicted molar refractivity (Wildman–Crippen MR) is 127 cm³/mol. The second-order valence-electron chi connectivity index (χ2n) is 9.34. The van der Waals surface area contributed by atoms with E-state index in [2.05, 4.69) is 32.0 Å². The fourth-order valence-corrected chi connectivity index (χ4v) is 6.17. The van der Waals surface area contributed by atoms with Crippen molar-refractivity contribution in [3.8, 4) is 5.75 Å². The van der Waals surface area contributed by atoms with Crippen LogP contribution in [0.3, 0.4) is 0 Å². The monoisotopic (exact) mass is 422 g/mol. The number of ether oxygens (including phenoxy) is 1. The van der Waals surface area contributed by atoms with Crippen LogP contribution in [0.2, 0.25) is 0 Å². The van der Waals surface area contributed by atoms with Crippen LogP contribution in [0.25, 0.3) is 21.5 Å². The summed E-state index contributed by atoms with van der Waals surface area (Å²) in [7, 11) is 0. The molecule has 6 rings (SSSR count). The van der Waals surface area contributed by atoms with E-state index in [0.29, 0.717) is 11.3 Å². The molecule has 1 N–H and O–H groups in total. The van der Waals surface area contributed by atoms with Gasteiger partial charge < -0.3 is 9.84 Å². The van der Waals surface area contributed by atoms with Crippen LogP contribution in [-0.4, -0.2) is 11.1 Å². The van der Waals surface area contributed by atoms with Gasteiger partial charge in [-0.25, -0.2) is 4.79 Å². The standard InChI is InChI=1S/C29H26O3/c1-3-18-11-12-23-20(15-18)16-25-26(27(23)30)21-13-14-29(25,17(21)2)32-28(31)24-10-6-8-19-7-4-5-9-22(19)24/h4-12,15-17,21,30H,3,13-14H2,1-2H3. The first-order valence-electron chi connectivity index (χ1n) is 11.5. The summed E-state index contributed by atoms with van der Waals surface area (Å²) < 4.78 is 6.43. The van der Waals surface area contributed by atoms with Gasteiger partial charge >= 0.3 is 5.97 Å². The molecule has 0 amide bonds. The third-order valence-corrected chi connectivity index (χ3v) is 7.90. The van der Waals surface area contributed by atoms with Gasteiger partial charge in [-0.3, -0.25) is 0 Å². The maximum atomic E-state index is 13.5. The Bertz CT molecular complexity index is 1400. The third kappa shape index (κ3) is 2.51. The summed E-state index contributed by atoms with van der Waals surface area (Å²) in [5, 5.41) is 15.1. The molecule has 160 valence electrons. The summed E-state index contributed by atoms with van der Waals surface area (Å²) in [5.74, 6) is 0.411. The third-order valence-electron chi connectivity index (χ3n) is 7.90. The molecular weight excluding hydrogens is 396 g/mol. The van der Waals surface area contributed by atoms with Crippen molar-refractivity contribution in [1.29, 1.82) is 0 Å². The summed E-state index contributed by atoms with van der Waals surface area (Å²) in [6.45, 7) is 4.29. The van der Waals surface area contributed by atoms with Gasteiger partial charge in [0.2, 0.25) is 0 Å². The molecule has 2 bridgehead atoms. The van der Waals surface area contributed by atoms with Crippen LogP contribution in [0.5, 0.6) is 5.75 Å². The average Bonchev–Trinajstić information content (AvgIpc) is 3.25. The Morgan fingerprint density at radius 2 is 1.84 bits per heavy atom. The van der Waals surface area contributed by atoms with Gasteiger partial charge in [0.1, 0.15) is 11.4 Å². The summed E-state index contributed by atoms with van der Waals surface area (Å²) >= 11 is 0. The molecule has 4 aromatic rings. The molecule has 32 heavy (non-hydrogen) atoms. The molecule has 0 aliphatic heterocycles. The van der Waals surface area contributed by atoms with E-state index >= 15 is 0 Å². The zero-order valence-corrected chi connectivity index (χ0v) is 18.4. The molecule has 3 unspecified atom stereocenters. The highest BCUT2D eigenvalue weighted by Crippen LogP contribution is 2.64. The molecule has 3 heteroatoms. The minimum absolute atomic E-state index is 0.129. The van der Waals surface area contributed by atoms with Crippen LogP contribution in [0, 0.1) is 5.92 Å². The Morgan fingerprint density at radius 1 is 1.03 bits per heavy atom. The highest BCUT2D eigenvalue weighted by Gasteiger charge is 2.59. The van der Waals surface area contributed by atoms with Gasteiger partial charge in [-0.05, 0) is 59.0 Å². The van der Waals surface area contributed by atoms with Crippen LogP contribution in [-0.2, 0) is 16.8 Å². The van der Waals surface area contributed by atoms with E-state index in [0.717, 1.165) is 51.9 Å². The van der Waals surface area contributed by atoms with Crippen LogP contribution in [0.15, 0.2) is 66.7 Å². The zero-order chi connectivity index (χ0) is 22.0. The summed E-state index contributed by atoms with van der Waals surface area (Å²) in [4.78, 5) is 13.5. The van der Waals surface area contributed by atoms with Gasteiger partial charge in [-0.15, -0.1) is 0 Å². The highest BCUT2D eigenvalue weighted by atomic mass is 16.6. The molecule has 0 heterocycles. The number of hydrogen-bond donors (Lipinski definition) is 1. The highest BCUT2D eigenvalue weighted by molar-refractivity contribution is 6.04. The van der Waals surface area contributed by atoms with E-state index < -0.39 is 5.60 Å². The Balaban J connectivity index is 1.49. The Kier molecular flexibility index (Phi) is 4.13. The first-order chi connectivity index (χ1) is 15.5. The predicted octanol–water partition coefficient (Wildman–Crippen LogP) is 6.84. The number of hydrogen-bond acceptors (Lipinski definition) is 3. The number of carbonyl (C=O) groups is 1. The largest absolute Gasteiger partial charge is 0.507 e. The maximum absolute atomic E-state index is 13.5. The number of phenolic OH excluding ortho intramolecular Hbond substituents is 1. The topological polar surface area (TPSA) is 46.5 Å². The molecule has 0 saturated heterocycles. The van der Waals surface area contributed by atoms with E-state index in [1.165, 1.54) is 5.56 Å². The van der Waals surface area contributed by atoms with Crippen molar-refractivity contribution in [3.05, 3.63) is 89.0 Å². The number of rotatable bonds is 3. The van der Waals surface area contributed by atoms with Crippen molar-refractivity contribution in [2.24, 2.45) is 5.92 Å². The lowest BCUT2D eigenvalue weighted by molar-refractivity contribution is -0.0353. The van der Waals surface area contributed by atoms with E-state index in [9.17, 15) is 9.90 Å². The molecule has 3 atom stereocenters. The molecule has 0 radical (unpaired) electrons. The number of phenols is 1. The fourth-order valence-electron chi connectivity index (χ4n) is 6.17. The van der Waals surface area contributed by atoms with E-state index in [1.807, 2.05) is 48.5 Å². The van der Waals surface area contributed by atoms with E-state index in [1.54, 1.807) is 0 Å². The molecule has 0 spiro atoms.